The third-order valence-electron chi connectivity index (χ3n) is 3.26. The van der Waals surface area contributed by atoms with Crippen LogP contribution in [0.2, 0.25) is 0 Å². The van der Waals surface area contributed by atoms with Gasteiger partial charge in [-0.2, -0.15) is 0 Å². The van der Waals surface area contributed by atoms with Gasteiger partial charge in [0, 0.05) is 23.9 Å². The molecule has 2 aromatic rings. The fraction of sp³-hybridized carbons (Fsp3) is 0.267. The molecule has 3 N–H and O–H groups in total. The minimum atomic E-state index is -0.656. The van der Waals surface area contributed by atoms with Crippen molar-refractivity contribution in [2.75, 3.05) is 0 Å². The molecule has 0 aliphatic rings. The molecule has 1 heterocycles. The van der Waals surface area contributed by atoms with Gasteiger partial charge in [0.2, 0.25) is 0 Å². The van der Waals surface area contributed by atoms with Gasteiger partial charge in [-0.25, -0.2) is 8.78 Å². The summed E-state index contributed by atoms with van der Waals surface area (Å²) < 4.78 is 27.5. The highest BCUT2D eigenvalue weighted by molar-refractivity contribution is 5.25. The maximum Gasteiger partial charge on any atom is 0.130 e. The smallest absolute Gasteiger partial charge is 0.130 e. The number of benzene rings is 1. The zero-order chi connectivity index (χ0) is 14.5. The predicted molar refractivity (Wildman–Crippen MR) is 73.7 cm³/mol. The van der Waals surface area contributed by atoms with E-state index in [1.165, 1.54) is 18.2 Å². The van der Waals surface area contributed by atoms with Crippen molar-refractivity contribution < 1.29 is 8.78 Å². The molecular formula is C15H17F2N3. The summed E-state index contributed by atoms with van der Waals surface area (Å²) in [6, 6.07) is 6.91. The summed E-state index contributed by atoms with van der Waals surface area (Å²) in [7, 11) is 0. The molecule has 1 aromatic heterocycles. The molecular weight excluding hydrogens is 260 g/mol. The molecule has 0 saturated carbocycles. The van der Waals surface area contributed by atoms with E-state index < -0.39 is 17.7 Å². The highest BCUT2D eigenvalue weighted by Crippen LogP contribution is 2.23. The standard InChI is InChI=1S/C15H17F2N3/c1-2-10-6-7-11(19-9-10)8-14(20-18)15-12(16)4-3-5-13(15)17/h3-7,9,14,20H,2,8,18H2,1H3. The van der Waals surface area contributed by atoms with Gasteiger partial charge in [0.05, 0.1) is 6.04 Å². The summed E-state index contributed by atoms with van der Waals surface area (Å²) in [5.41, 5.74) is 4.24. The van der Waals surface area contributed by atoms with Crippen molar-refractivity contribution >= 4 is 0 Å². The maximum absolute atomic E-state index is 13.8. The van der Waals surface area contributed by atoms with Crippen LogP contribution in [0.3, 0.4) is 0 Å². The second-order valence-electron chi connectivity index (χ2n) is 4.57. The first-order chi connectivity index (χ1) is 9.65. The van der Waals surface area contributed by atoms with Gasteiger partial charge in [0.1, 0.15) is 11.6 Å². The van der Waals surface area contributed by atoms with Gasteiger partial charge in [-0.1, -0.05) is 19.1 Å². The third kappa shape index (κ3) is 3.18. The summed E-state index contributed by atoms with van der Waals surface area (Å²) in [4.78, 5) is 4.28. The molecule has 3 nitrogen and oxygen atoms in total. The molecule has 20 heavy (non-hydrogen) atoms. The van der Waals surface area contributed by atoms with E-state index in [9.17, 15) is 8.78 Å². The number of pyridine rings is 1. The Morgan fingerprint density at radius 2 is 1.90 bits per heavy atom. The van der Waals surface area contributed by atoms with Gasteiger partial charge in [0.15, 0.2) is 0 Å². The molecule has 0 aliphatic carbocycles. The van der Waals surface area contributed by atoms with Gasteiger partial charge in [-0.05, 0) is 30.2 Å². The number of rotatable bonds is 5. The van der Waals surface area contributed by atoms with Crippen molar-refractivity contribution in [1.29, 1.82) is 0 Å². The predicted octanol–water partition coefficient (Wildman–Crippen LogP) is 2.67. The number of nitrogens with one attached hydrogen (secondary N) is 1. The second-order valence-corrected chi connectivity index (χ2v) is 4.57. The van der Waals surface area contributed by atoms with Crippen molar-refractivity contribution in [1.82, 2.24) is 10.4 Å². The highest BCUT2D eigenvalue weighted by atomic mass is 19.1. The summed E-state index contributed by atoms with van der Waals surface area (Å²) >= 11 is 0. The van der Waals surface area contributed by atoms with E-state index in [1.54, 1.807) is 6.20 Å². The first-order valence-electron chi connectivity index (χ1n) is 6.49. The number of nitrogens with two attached hydrogens (primary N) is 1. The average molecular weight is 277 g/mol. The molecule has 1 unspecified atom stereocenters. The number of hydrazine groups is 1. The Bertz CT molecular complexity index is 550. The lowest BCUT2D eigenvalue weighted by Crippen LogP contribution is -2.31. The van der Waals surface area contributed by atoms with Gasteiger partial charge in [0.25, 0.3) is 0 Å². The fourth-order valence-corrected chi connectivity index (χ4v) is 2.08. The quantitative estimate of drug-likeness (QED) is 0.652. The molecule has 2 rings (SSSR count). The van der Waals surface area contributed by atoms with Crippen LogP contribution in [0.1, 0.15) is 29.8 Å². The van der Waals surface area contributed by atoms with Gasteiger partial charge >= 0.3 is 0 Å². The number of aromatic nitrogens is 1. The lowest BCUT2D eigenvalue weighted by molar-refractivity contribution is 0.470. The molecule has 0 radical (unpaired) electrons. The monoisotopic (exact) mass is 277 g/mol. The van der Waals surface area contributed by atoms with Crippen LogP contribution in [0.5, 0.6) is 0 Å². The van der Waals surface area contributed by atoms with Crippen molar-refractivity contribution in [3.05, 3.63) is 65.0 Å². The zero-order valence-electron chi connectivity index (χ0n) is 11.2. The first-order valence-corrected chi connectivity index (χ1v) is 6.49. The van der Waals surface area contributed by atoms with Gasteiger partial charge < -0.3 is 0 Å². The van der Waals surface area contributed by atoms with Crippen molar-refractivity contribution in [3.63, 3.8) is 0 Å². The van der Waals surface area contributed by atoms with E-state index in [4.69, 9.17) is 5.84 Å². The molecule has 0 aliphatic heterocycles. The van der Waals surface area contributed by atoms with E-state index in [0.717, 1.165) is 17.7 Å². The average Bonchev–Trinajstić information content (AvgIpc) is 2.46. The number of halogens is 2. The molecule has 1 atom stereocenters. The van der Waals surface area contributed by atoms with Crippen LogP contribution in [-0.2, 0) is 12.8 Å². The van der Waals surface area contributed by atoms with Gasteiger partial charge in [-0.3, -0.25) is 16.3 Å². The van der Waals surface area contributed by atoms with Crippen LogP contribution in [0.25, 0.3) is 0 Å². The molecule has 0 amide bonds. The minimum absolute atomic E-state index is 0.0589. The summed E-state index contributed by atoms with van der Waals surface area (Å²) in [5, 5.41) is 0. The van der Waals surface area contributed by atoms with Crippen LogP contribution >= 0.6 is 0 Å². The number of aryl methyl sites for hydroxylation is 1. The van der Waals surface area contributed by atoms with Gasteiger partial charge in [-0.15, -0.1) is 0 Å². The zero-order valence-corrected chi connectivity index (χ0v) is 11.2. The van der Waals surface area contributed by atoms with E-state index in [2.05, 4.69) is 10.4 Å². The summed E-state index contributed by atoms with van der Waals surface area (Å²) in [6.07, 6.45) is 2.98. The van der Waals surface area contributed by atoms with Crippen molar-refractivity contribution in [2.24, 2.45) is 5.84 Å². The molecule has 5 heteroatoms. The Labute approximate surface area is 116 Å². The maximum atomic E-state index is 13.8. The largest absolute Gasteiger partial charge is 0.271 e. The Kier molecular flexibility index (Phi) is 4.76. The molecule has 0 saturated heterocycles. The van der Waals surface area contributed by atoms with E-state index in [-0.39, 0.29) is 5.56 Å². The van der Waals surface area contributed by atoms with Crippen LogP contribution < -0.4 is 11.3 Å². The third-order valence-corrected chi connectivity index (χ3v) is 3.26. The van der Waals surface area contributed by atoms with Crippen LogP contribution in [0.4, 0.5) is 8.78 Å². The van der Waals surface area contributed by atoms with Crippen LogP contribution in [0.15, 0.2) is 36.5 Å². The van der Waals surface area contributed by atoms with E-state index >= 15 is 0 Å². The molecule has 0 fully saturated rings. The molecule has 106 valence electrons. The number of hydrogen-bond donors (Lipinski definition) is 2. The van der Waals surface area contributed by atoms with Crippen LogP contribution in [0, 0.1) is 11.6 Å². The fourth-order valence-electron chi connectivity index (χ4n) is 2.08. The normalized spacial score (nSPS) is 12.4. The van der Waals surface area contributed by atoms with Crippen molar-refractivity contribution in [2.45, 2.75) is 25.8 Å². The first kappa shape index (κ1) is 14.6. The highest BCUT2D eigenvalue weighted by Gasteiger charge is 2.19. The Balaban J connectivity index is 2.24. The lowest BCUT2D eigenvalue weighted by Gasteiger charge is -2.17. The minimum Gasteiger partial charge on any atom is -0.271 e. The van der Waals surface area contributed by atoms with E-state index in [1.807, 2.05) is 19.1 Å². The van der Waals surface area contributed by atoms with Crippen molar-refractivity contribution in [3.8, 4) is 0 Å². The topological polar surface area (TPSA) is 50.9 Å². The number of nitrogens with zero attached hydrogens (tertiary/aromatic N) is 1. The Morgan fingerprint density at radius 1 is 1.20 bits per heavy atom. The Hall–Kier alpha value is -1.85. The summed E-state index contributed by atoms with van der Waals surface area (Å²) in [5.74, 6) is 4.21. The molecule has 0 spiro atoms. The lowest BCUT2D eigenvalue weighted by atomic mass is 10.0. The Morgan fingerprint density at radius 3 is 2.40 bits per heavy atom. The van der Waals surface area contributed by atoms with E-state index in [0.29, 0.717) is 6.42 Å². The SMILES string of the molecule is CCc1ccc(CC(NN)c2c(F)cccc2F)nc1. The molecule has 1 aromatic carbocycles. The van der Waals surface area contributed by atoms with Crippen LogP contribution in [-0.4, -0.2) is 4.98 Å². The number of hydrogen-bond acceptors (Lipinski definition) is 3. The second kappa shape index (κ2) is 6.54. The summed E-state index contributed by atoms with van der Waals surface area (Å²) in [6.45, 7) is 2.04. The molecule has 0 bridgehead atoms.